The van der Waals surface area contributed by atoms with E-state index in [2.05, 4.69) is 10.1 Å². The minimum absolute atomic E-state index is 0.0976. The van der Waals surface area contributed by atoms with Crippen LogP contribution in [0.3, 0.4) is 0 Å². The molecule has 0 atom stereocenters. The van der Waals surface area contributed by atoms with E-state index >= 15 is 0 Å². The Hall–Kier alpha value is -0.940. The molecule has 0 fully saturated rings. The van der Waals surface area contributed by atoms with Crippen LogP contribution in [0.15, 0.2) is 4.52 Å². The number of nitrogens with zero attached hydrogens (tertiary/aromatic N) is 3. The van der Waals surface area contributed by atoms with E-state index in [0.29, 0.717) is 18.3 Å². The first-order valence-corrected chi connectivity index (χ1v) is 4.57. The molecule has 1 heterocycles. The molecule has 0 amide bonds. The van der Waals surface area contributed by atoms with Crippen molar-refractivity contribution in [1.82, 2.24) is 15.0 Å². The maximum Gasteiger partial charge on any atom is 0.223 e. The number of aryl methyl sites for hydroxylation is 1. The van der Waals surface area contributed by atoms with E-state index in [4.69, 9.17) is 9.63 Å². The Morgan fingerprint density at radius 1 is 1.50 bits per heavy atom. The van der Waals surface area contributed by atoms with E-state index in [9.17, 15) is 0 Å². The molecule has 0 bridgehead atoms. The summed E-state index contributed by atoms with van der Waals surface area (Å²) < 4.78 is 4.86. The van der Waals surface area contributed by atoms with E-state index in [1.807, 2.05) is 25.8 Å². The molecule has 1 aromatic rings. The molecule has 0 saturated carbocycles. The van der Waals surface area contributed by atoms with Gasteiger partial charge in [0.1, 0.15) is 0 Å². The Morgan fingerprint density at radius 2 is 2.14 bits per heavy atom. The molecule has 0 saturated heterocycles. The van der Waals surface area contributed by atoms with Gasteiger partial charge in [0.25, 0.3) is 0 Å². The van der Waals surface area contributed by atoms with Gasteiger partial charge in [-0.15, -0.1) is 0 Å². The van der Waals surface area contributed by atoms with Crippen LogP contribution in [0.25, 0.3) is 0 Å². The third kappa shape index (κ3) is 2.52. The predicted octanol–water partition coefficient (Wildman–Crippen LogP) is 0.581. The van der Waals surface area contributed by atoms with Crippen molar-refractivity contribution in [2.24, 2.45) is 0 Å². The summed E-state index contributed by atoms with van der Waals surface area (Å²) >= 11 is 0. The summed E-state index contributed by atoms with van der Waals surface area (Å²) in [5.74, 6) is 1.21. The normalized spacial score (nSPS) is 12.4. The van der Waals surface area contributed by atoms with E-state index in [1.165, 1.54) is 0 Å². The minimum Gasteiger partial charge on any atom is -0.394 e. The maximum absolute atomic E-state index is 9.14. The Kier molecular flexibility index (Phi) is 3.23. The molecule has 0 aliphatic heterocycles. The third-order valence-corrected chi connectivity index (χ3v) is 2.37. The van der Waals surface area contributed by atoms with Gasteiger partial charge < -0.3 is 9.63 Å². The standard InChI is InChI=1S/C9H17N3O2/c1-7-10-8(11-14-7)5-12(4)9(2,3)6-13/h13H,5-6H2,1-4H3. The first kappa shape index (κ1) is 11.1. The number of rotatable bonds is 4. The zero-order valence-electron chi connectivity index (χ0n) is 9.11. The van der Waals surface area contributed by atoms with Crippen LogP contribution in [0.2, 0.25) is 0 Å². The van der Waals surface area contributed by atoms with Crippen molar-refractivity contribution in [3.63, 3.8) is 0 Å². The van der Waals surface area contributed by atoms with Gasteiger partial charge in [0.15, 0.2) is 5.82 Å². The van der Waals surface area contributed by atoms with E-state index in [0.717, 1.165) is 0 Å². The van der Waals surface area contributed by atoms with Gasteiger partial charge in [-0.3, -0.25) is 4.90 Å². The van der Waals surface area contributed by atoms with E-state index in [1.54, 1.807) is 6.92 Å². The predicted molar refractivity (Wildman–Crippen MR) is 51.7 cm³/mol. The second kappa shape index (κ2) is 4.06. The van der Waals surface area contributed by atoms with Crippen molar-refractivity contribution in [1.29, 1.82) is 0 Å². The van der Waals surface area contributed by atoms with Gasteiger partial charge in [0.05, 0.1) is 13.2 Å². The maximum atomic E-state index is 9.14. The number of hydrogen-bond donors (Lipinski definition) is 1. The second-order valence-electron chi connectivity index (χ2n) is 4.06. The van der Waals surface area contributed by atoms with Crippen molar-refractivity contribution >= 4 is 0 Å². The Morgan fingerprint density at radius 3 is 2.57 bits per heavy atom. The molecule has 0 aromatic carbocycles. The van der Waals surface area contributed by atoms with Gasteiger partial charge in [0, 0.05) is 12.5 Å². The number of aromatic nitrogens is 2. The van der Waals surface area contributed by atoms with Gasteiger partial charge in [-0.05, 0) is 20.9 Å². The highest BCUT2D eigenvalue weighted by Gasteiger charge is 2.23. The molecule has 80 valence electrons. The number of likely N-dealkylation sites (N-methyl/N-ethyl adjacent to an activating group) is 1. The molecule has 0 radical (unpaired) electrons. The lowest BCUT2D eigenvalue weighted by Crippen LogP contribution is -2.43. The van der Waals surface area contributed by atoms with Crippen LogP contribution in [0.4, 0.5) is 0 Å². The van der Waals surface area contributed by atoms with Gasteiger partial charge in [0.2, 0.25) is 5.89 Å². The molecule has 0 unspecified atom stereocenters. The van der Waals surface area contributed by atoms with Crippen LogP contribution in [-0.4, -0.2) is 39.3 Å². The first-order valence-electron chi connectivity index (χ1n) is 4.57. The number of hydrogen-bond acceptors (Lipinski definition) is 5. The molecular formula is C9H17N3O2. The molecule has 1 N–H and O–H groups in total. The van der Waals surface area contributed by atoms with Crippen molar-refractivity contribution in [2.75, 3.05) is 13.7 Å². The second-order valence-corrected chi connectivity index (χ2v) is 4.06. The van der Waals surface area contributed by atoms with Crippen LogP contribution in [0, 0.1) is 6.92 Å². The highest BCUT2D eigenvalue weighted by Crippen LogP contribution is 2.13. The molecule has 5 heteroatoms. The van der Waals surface area contributed by atoms with E-state index < -0.39 is 0 Å². The molecule has 1 aromatic heterocycles. The summed E-state index contributed by atoms with van der Waals surface area (Å²) in [5.41, 5.74) is -0.269. The molecule has 0 aliphatic rings. The lowest BCUT2D eigenvalue weighted by atomic mass is 10.1. The van der Waals surface area contributed by atoms with Crippen LogP contribution >= 0.6 is 0 Å². The fraction of sp³-hybridized carbons (Fsp3) is 0.778. The molecule has 0 aliphatic carbocycles. The van der Waals surface area contributed by atoms with Crippen molar-refractivity contribution in [3.05, 3.63) is 11.7 Å². The topological polar surface area (TPSA) is 62.4 Å². The average molecular weight is 199 g/mol. The smallest absolute Gasteiger partial charge is 0.223 e. The monoisotopic (exact) mass is 199 g/mol. The van der Waals surface area contributed by atoms with Gasteiger partial charge in [-0.1, -0.05) is 5.16 Å². The van der Waals surface area contributed by atoms with Crippen LogP contribution < -0.4 is 0 Å². The lowest BCUT2D eigenvalue weighted by molar-refractivity contribution is 0.0708. The largest absolute Gasteiger partial charge is 0.394 e. The highest BCUT2D eigenvalue weighted by molar-refractivity contribution is 4.87. The summed E-state index contributed by atoms with van der Waals surface area (Å²) in [7, 11) is 1.92. The van der Waals surface area contributed by atoms with Crippen molar-refractivity contribution in [2.45, 2.75) is 32.9 Å². The summed E-state index contributed by atoms with van der Waals surface area (Å²) in [6.07, 6.45) is 0. The third-order valence-electron chi connectivity index (χ3n) is 2.37. The lowest BCUT2D eigenvalue weighted by Gasteiger charge is -2.32. The van der Waals surface area contributed by atoms with Gasteiger partial charge in [-0.25, -0.2) is 0 Å². The number of aliphatic hydroxyl groups excluding tert-OH is 1. The Bertz CT molecular complexity index is 296. The van der Waals surface area contributed by atoms with Gasteiger partial charge in [-0.2, -0.15) is 4.98 Å². The zero-order chi connectivity index (χ0) is 10.8. The average Bonchev–Trinajstić information content (AvgIpc) is 2.51. The quantitative estimate of drug-likeness (QED) is 0.768. The van der Waals surface area contributed by atoms with Crippen LogP contribution in [-0.2, 0) is 6.54 Å². The summed E-state index contributed by atoms with van der Waals surface area (Å²) in [5, 5.41) is 12.9. The molecular weight excluding hydrogens is 182 g/mol. The van der Waals surface area contributed by atoms with Crippen molar-refractivity contribution < 1.29 is 9.63 Å². The Labute approximate surface area is 83.7 Å². The van der Waals surface area contributed by atoms with Crippen LogP contribution in [0.5, 0.6) is 0 Å². The molecule has 1 rings (SSSR count). The fourth-order valence-corrected chi connectivity index (χ4v) is 0.952. The molecule has 0 spiro atoms. The van der Waals surface area contributed by atoms with Crippen molar-refractivity contribution in [3.8, 4) is 0 Å². The summed E-state index contributed by atoms with van der Waals surface area (Å²) in [4.78, 5) is 6.08. The van der Waals surface area contributed by atoms with Crippen LogP contribution in [0.1, 0.15) is 25.6 Å². The van der Waals surface area contributed by atoms with E-state index in [-0.39, 0.29) is 12.1 Å². The molecule has 5 nitrogen and oxygen atoms in total. The summed E-state index contributed by atoms with van der Waals surface area (Å²) in [6.45, 7) is 6.35. The number of aliphatic hydroxyl groups is 1. The highest BCUT2D eigenvalue weighted by atomic mass is 16.5. The fourth-order valence-electron chi connectivity index (χ4n) is 0.952. The Balaban J connectivity index is 2.61. The minimum atomic E-state index is -0.269. The van der Waals surface area contributed by atoms with Gasteiger partial charge >= 0.3 is 0 Å². The zero-order valence-corrected chi connectivity index (χ0v) is 9.11. The molecule has 14 heavy (non-hydrogen) atoms. The summed E-state index contributed by atoms with van der Waals surface area (Å²) in [6, 6.07) is 0. The SMILES string of the molecule is Cc1nc(CN(C)C(C)(C)CO)no1. The first-order chi connectivity index (χ1) is 6.45.